The number of para-hydroxylation sites is 1. The van der Waals surface area contributed by atoms with Gasteiger partial charge in [0.15, 0.2) is 0 Å². The second-order valence-corrected chi connectivity index (χ2v) is 10.1. The van der Waals surface area contributed by atoms with Gasteiger partial charge in [0.1, 0.15) is 0 Å². The van der Waals surface area contributed by atoms with Crippen molar-refractivity contribution in [2.45, 2.75) is 58.4 Å². The van der Waals surface area contributed by atoms with Gasteiger partial charge in [-0.05, 0) is 69.5 Å². The minimum atomic E-state index is -3.62. The van der Waals surface area contributed by atoms with Gasteiger partial charge in [-0.2, -0.15) is 8.42 Å². The van der Waals surface area contributed by atoms with Crippen LogP contribution in [-0.4, -0.2) is 38.2 Å². The van der Waals surface area contributed by atoms with Crippen LogP contribution in [0.15, 0.2) is 28.7 Å². The molecule has 0 radical (unpaired) electrons. The first-order chi connectivity index (χ1) is 12.9. The number of benzene rings is 1. The highest BCUT2D eigenvalue weighted by Gasteiger charge is 2.34. The van der Waals surface area contributed by atoms with E-state index in [0.29, 0.717) is 11.7 Å². The van der Waals surface area contributed by atoms with E-state index in [-0.39, 0.29) is 5.92 Å². The molecule has 27 heavy (non-hydrogen) atoms. The van der Waals surface area contributed by atoms with E-state index in [9.17, 15) is 8.42 Å². The third-order valence-electron chi connectivity index (χ3n) is 6.78. The Labute approximate surface area is 163 Å². The summed E-state index contributed by atoms with van der Waals surface area (Å²) in [7, 11) is -3.62. The molecule has 0 atom stereocenters. The molecular weight excluding hydrogens is 358 g/mol. The van der Waals surface area contributed by atoms with E-state index in [0.717, 1.165) is 49.0 Å². The number of nitrogens with zero attached hydrogens (tertiary/aromatic N) is 2. The maximum atomic E-state index is 12.2. The van der Waals surface area contributed by atoms with E-state index in [1.807, 2.05) is 24.3 Å². The van der Waals surface area contributed by atoms with Crippen molar-refractivity contribution in [1.82, 2.24) is 4.90 Å². The minimum Gasteiger partial charge on any atom is -0.300 e. The Morgan fingerprint density at radius 1 is 1.04 bits per heavy atom. The maximum Gasteiger partial charge on any atom is 0.342 e. The third kappa shape index (κ3) is 4.06. The largest absolute Gasteiger partial charge is 0.342 e. The van der Waals surface area contributed by atoms with E-state index >= 15 is 0 Å². The Kier molecular flexibility index (Phi) is 5.30. The zero-order chi connectivity index (χ0) is 19.0. The van der Waals surface area contributed by atoms with Gasteiger partial charge in [0.25, 0.3) is 0 Å². The highest BCUT2D eigenvalue weighted by Crippen LogP contribution is 2.35. The van der Waals surface area contributed by atoms with Crippen molar-refractivity contribution in [2.75, 3.05) is 17.8 Å². The van der Waals surface area contributed by atoms with Crippen molar-refractivity contribution in [1.29, 1.82) is 0 Å². The van der Waals surface area contributed by atoms with E-state index in [4.69, 9.17) is 0 Å². The summed E-state index contributed by atoms with van der Waals surface area (Å²) >= 11 is 0. The summed E-state index contributed by atoms with van der Waals surface area (Å²) in [5, 5.41) is 0. The number of rotatable bonds is 3. The lowest BCUT2D eigenvalue weighted by molar-refractivity contribution is 0.0969. The summed E-state index contributed by atoms with van der Waals surface area (Å²) in [5.74, 6) is 1.92. The highest BCUT2D eigenvalue weighted by molar-refractivity contribution is 7.91. The molecular formula is C21H31N3O2S. The van der Waals surface area contributed by atoms with Crippen molar-refractivity contribution in [2.24, 2.45) is 22.2 Å². The average molecular weight is 390 g/mol. The Morgan fingerprint density at radius 2 is 1.70 bits per heavy atom. The first-order valence-corrected chi connectivity index (χ1v) is 11.8. The predicted molar refractivity (Wildman–Crippen MR) is 110 cm³/mol. The van der Waals surface area contributed by atoms with Crippen LogP contribution >= 0.6 is 0 Å². The molecule has 0 spiro atoms. The second kappa shape index (κ2) is 7.55. The minimum absolute atomic E-state index is 0.228. The molecule has 4 rings (SSSR count). The molecule has 148 valence electrons. The molecule has 0 unspecified atom stereocenters. The smallest absolute Gasteiger partial charge is 0.300 e. The van der Waals surface area contributed by atoms with Gasteiger partial charge >= 0.3 is 10.2 Å². The van der Waals surface area contributed by atoms with Crippen LogP contribution in [0.3, 0.4) is 0 Å². The molecule has 2 heterocycles. The van der Waals surface area contributed by atoms with Crippen molar-refractivity contribution >= 4 is 21.6 Å². The number of piperidine rings is 1. The van der Waals surface area contributed by atoms with Crippen LogP contribution in [0.2, 0.25) is 0 Å². The topological polar surface area (TPSA) is 61.8 Å². The molecule has 2 aliphatic heterocycles. The molecule has 1 N–H and O–H groups in total. The summed E-state index contributed by atoms with van der Waals surface area (Å²) in [6.07, 6.45) is 7.32. The monoisotopic (exact) mass is 389 g/mol. The van der Waals surface area contributed by atoms with Gasteiger partial charge in [-0.25, -0.2) is 0 Å². The molecule has 3 aliphatic rings. The fraction of sp³-hybridized carbons (Fsp3) is 0.667. The lowest BCUT2D eigenvalue weighted by atomic mass is 9.78. The summed E-state index contributed by atoms with van der Waals surface area (Å²) < 4.78 is 31.0. The summed E-state index contributed by atoms with van der Waals surface area (Å²) in [4.78, 5) is 2.65. The quantitative estimate of drug-likeness (QED) is 0.847. The molecule has 0 amide bonds. The van der Waals surface area contributed by atoms with Gasteiger partial charge in [-0.15, -0.1) is 4.40 Å². The molecule has 1 aliphatic carbocycles. The van der Waals surface area contributed by atoms with Crippen LogP contribution in [0.1, 0.15) is 57.9 Å². The molecule has 1 aromatic rings. The average Bonchev–Trinajstić information content (AvgIpc) is 2.67. The fourth-order valence-electron chi connectivity index (χ4n) is 5.10. The first kappa shape index (κ1) is 18.9. The number of nitrogens with one attached hydrogen (secondary N) is 1. The summed E-state index contributed by atoms with van der Waals surface area (Å²) in [6, 6.07) is 8.34. The van der Waals surface area contributed by atoms with E-state index in [2.05, 4.69) is 27.9 Å². The van der Waals surface area contributed by atoms with E-state index in [1.165, 1.54) is 25.7 Å². The number of likely N-dealkylation sites (tertiary alicyclic amines) is 1. The SMILES string of the molecule is CC(C)C1CCC(N2CCC(C3=NS(=O)(=O)Nc4ccccc43)CC2)CC1. The van der Waals surface area contributed by atoms with Crippen LogP contribution < -0.4 is 4.72 Å². The van der Waals surface area contributed by atoms with E-state index in [1.54, 1.807) is 0 Å². The van der Waals surface area contributed by atoms with Gasteiger partial charge in [0.05, 0.1) is 11.4 Å². The van der Waals surface area contributed by atoms with Crippen molar-refractivity contribution < 1.29 is 8.42 Å². The van der Waals surface area contributed by atoms with Crippen molar-refractivity contribution in [3.8, 4) is 0 Å². The lowest BCUT2D eigenvalue weighted by Gasteiger charge is -2.42. The summed E-state index contributed by atoms with van der Waals surface area (Å²) in [6.45, 7) is 6.80. The molecule has 0 aromatic heterocycles. The number of fused-ring (bicyclic) bond motifs is 1. The van der Waals surface area contributed by atoms with Gasteiger partial charge in [-0.3, -0.25) is 4.72 Å². The Balaban J connectivity index is 1.42. The number of hydrogen-bond donors (Lipinski definition) is 1. The van der Waals surface area contributed by atoms with Crippen LogP contribution in [0, 0.1) is 17.8 Å². The zero-order valence-electron chi connectivity index (χ0n) is 16.4. The zero-order valence-corrected chi connectivity index (χ0v) is 17.2. The van der Waals surface area contributed by atoms with Crippen molar-refractivity contribution in [3.05, 3.63) is 29.8 Å². The molecule has 6 heteroatoms. The van der Waals surface area contributed by atoms with Crippen LogP contribution in [0.5, 0.6) is 0 Å². The molecule has 1 aromatic carbocycles. The molecule has 1 saturated heterocycles. The maximum absolute atomic E-state index is 12.2. The Bertz CT molecular complexity index is 802. The molecule has 2 fully saturated rings. The third-order valence-corrected chi connectivity index (χ3v) is 7.69. The lowest BCUT2D eigenvalue weighted by Crippen LogP contribution is -2.45. The van der Waals surface area contributed by atoms with Crippen LogP contribution in [0.4, 0.5) is 5.69 Å². The summed E-state index contributed by atoms with van der Waals surface area (Å²) in [5.41, 5.74) is 2.37. The molecule has 5 nitrogen and oxygen atoms in total. The Hall–Kier alpha value is -1.40. The number of hydrogen-bond acceptors (Lipinski definition) is 3. The van der Waals surface area contributed by atoms with Crippen molar-refractivity contribution in [3.63, 3.8) is 0 Å². The van der Waals surface area contributed by atoms with Gasteiger partial charge < -0.3 is 4.90 Å². The van der Waals surface area contributed by atoms with Gasteiger partial charge in [-0.1, -0.05) is 32.0 Å². The standard InChI is InChI=1S/C21H31N3O2S/c1-15(2)16-7-9-18(10-8-16)24-13-11-17(12-14-24)21-19-5-3-4-6-20(19)22-27(25,26)23-21/h3-6,15-18,22H,7-14H2,1-2H3. The Morgan fingerprint density at radius 3 is 2.37 bits per heavy atom. The van der Waals surface area contributed by atoms with Crippen LogP contribution in [-0.2, 0) is 10.2 Å². The van der Waals surface area contributed by atoms with Crippen LogP contribution in [0.25, 0.3) is 0 Å². The predicted octanol–water partition coefficient (Wildman–Crippen LogP) is 4.07. The number of anilines is 1. The van der Waals surface area contributed by atoms with E-state index < -0.39 is 10.2 Å². The van der Waals surface area contributed by atoms with Gasteiger partial charge in [0, 0.05) is 17.5 Å². The molecule has 1 saturated carbocycles. The fourth-order valence-corrected chi connectivity index (χ4v) is 6.11. The second-order valence-electron chi connectivity index (χ2n) is 8.72. The normalized spacial score (nSPS) is 29.1. The van der Waals surface area contributed by atoms with Gasteiger partial charge in [0.2, 0.25) is 0 Å². The molecule has 0 bridgehead atoms. The highest BCUT2D eigenvalue weighted by atomic mass is 32.2. The first-order valence-electron chi connectivity index (χ1n) is 10.4.